The van der Waals surface area contributed by atoms with Gasteiger partial charge in [0.15, 0.2) is 10.9 Å². The van der Waals surface area contributed by atoms with Gasteiger partial charge in [-0.25, -0.2) is 9.67 Å². The molecule has 2 heterocycles. The molecule has 2 rings (SSSR count). The number of aromatic nitrogens is 4. The summed E-state index contributed by atoms with van der Waals surface area (Å²) < 4.78 is 1.65. The van der Waals surface area contributed by atoms with Gasteiger partial charge in [-0.15, -0.1) is 0 Å². The van der Waals surface area contributed by atoms with Gasteiger partial charge in [-0.1, -0.05) is 11.8 Å². The van der Waals surface area contributed by atoms with E-state index in [9.17, 15) is 4.79 Å². The van der Waals surface area contributed by atoms with Crippen LogP contribution in [0.5, 0.6) is 0 Å². The van der Waals surface area contributed by atoms with Crippen molar-refractivity contribution in [2.75, 3.05) is 5.75 Å². The molecule has 0 saturated heterocycles. The van der Waals surface area contributed by atoms with E-state index in [-0.39, 0.29) is 5.78 Å². The summed E-state index contributed by atoms with van der Waals surface area (Å²) in [5.74, 6) is 0.431. The Bertz CT molecular complexity index is 448. The van der Waals surface area contributed by atoms with Gasteiger partial charge in [0, 0.05) is 13.2 Å². The average Bonchev–Trinajstić information content (AvgIpc) is 2.85. The maximum atomic E-state index is 11.6. The lowest BCUT2D eigenvalue weighted by Gasteiger charge is -1.98. The van der Waals surface area contributed by atoms with Crippen LogP contribution < -0.4 is 0 Å². The number of hydrogen-bond donors (Lipinski definition) is 1. The van der Waals surface area contributed by atoms with E-state index in [4.69, 9.17) is 0 Å². The molecule has 2 aromatic heterocycles. The molecule has 78 valence electrons. The maximum absolute atomic E-state index is 11.6. The predicted octanol–water partition coefficient (Wildman–Crippen LogP) is 1.12. The van der Waals surface area contributed by atoms with Crippen molar-refractivity contribution in [2.45, 2.75) is 5.16 Å². The molecule has 0 radical (unpaired) electrons. The van der Waals surface area contributed by atoms with Crippen molar-refractivity contribution in [3.05, 3.63) is 30.4 Å². The Hall–Kier alpha value is -1.56. The zero-order valence-electron chi connectivity index (χ0n) is 8.17. The first-order valence-corrected chi connectivity index (χ1v) is 5.39. The monoisotopic (exact) mass is 222 g/mol. The van der Waals surface area contributed by atoms with Crippen molar-refractivity contribution in [1.82, 2.24) is 19.7 Å². The third-order valence-electron chi connectivity index (χ3n) is 1.90. The maximum Gasteiger partial charge on any atom is 0.189 e. The summed E-state index contributed by atoms with van der Waals surface area (Å²) in [7, 11) is 1.80. The predicted molar refractivity (Wildman–Crippen MR) is 56.9 cm³/mol. The lowest BCUT2D eigenvalue weighted by molar-refractivity contribution is 0.101. The molecule has 0 aliphatic carbocycles. The second-order valence-electron chi connectivity index (χ2n) is 2.96. The summed E-state index contributed by atoms with van der Waals surface area (Å²) in [5, 5.41) is 4.67. The Kier molecular flexibility index (Phi) is 2.86. The van der Waals surface area contributed by atoms with Crippen LogP contribution in [0.15, 0.2) is 29.8 Å². The molecule has 0 aromatic carbocycles. The number of H-pyrrole nitrogens is 1. The fourth-order valence-electron chi connectivity index (χ4n) is 1.13. The minimum Gasteiger partial charge on any atom is -0.359 e. The number of thioether (sulfide) groups is 1. The van der Waals surface area contributed by atoms with E-state index in [1.54, 1.807) is 30.1 Å². The van der Waals surface area contributed by atoms with Gasteiger partial charge in [-0.05, 0) is 12.1 Å². The van der Waals surface area contributed by atoms with Crippen molar-refractivity contribution in [1.29, 1.82) is 0 Å². The number of hydrogen-bond acceptors (Lipinski definition) is 4. The van der Waals surface area contributed by atoms with Crippen molar-refractivity contribution < 1.29 is 4.79 Å². The minimum absolute atomic E-state index is 0.0630. The van der Waals surface area contributed by atoms with Gasteiger partial charge >= 0.3 is 0 Å². The highest BCUT2D eigenvalue weighted by atomic mass is 32.2. The smallest absolute Gasteiger partial charge is 0.189 e. The first kappa shape index (κ1) is 9.97. The number of aryl methyl sites for hydroxylation is 1. The van der Waals surface area contributed by atoms with Crippen LogP contribution in [-0.4, -0.2) is 31.3 Å². The van der Waals surface area contributed by atoms with Gasteiger partial charge in [-0.3, -0.25) is 4.79 Å². The second kappa shape index (κ2) is 4.31. The van der Waals surface area contributed by atoms with Crippen molar-refractivity contribution in [3.63, 3.8) is 0 Å². The summed E-state index contributed by atoms with van der Waals surface area (Å²) in [4.78, 5) is 18.5. The molecule has 0 bridgehead atoms. The molecular formula is C9H10N4OS. The highest BCUT2D eigenvalue weighted by Crippen LogP contribution is 2.14. The Balaban J connectivity index is 1.95. The fourth-order valence-corrected chi connectivity index (χ4v) is 1.90. The number of carbonyl (C=O) groups is 1. The summed E-state index contributed by atoms with van der Waals surface area (Å²) in [5.41, 5.74) is 0.629. The zero-order chi connectivity index (χ0) is 10.7. The molecule has 0 aliphatic rings. The summed E-state index contributed by atoms with van der Waals surface area (Å²) in [6, 6.07) is 3.57. The number of rotatable bonds is 4. The van der Waals surface area contributed by atoms with Crippen LogP contribution in [0.3, 0.4) is 0 Å². The van der Waals surface area contributed by atoms with Crippen LogP contribution in [0, 0.1) is 0 Å². The third-order valence-corrected chi connectivity index (χ3v) is 2.93. The van der Waals surface area contributed by atoms with Crippen LogP contribution in [0.2, 0.25) is 0 Å². The summed E-state index contributed by atoms with van der Waals surface area (Å²) in [6.07, 6.45) is 3.21. The quantitative estimate of drug-likeness (QED) is 0.622. The molecule has 0 spiro atoms. The molecule has 2 aromatic rings. The van der Waals surface area contributed by atoms with E-state index in [0.29, 0.717) is 11.4 Å². The molecule has 6 heteroatoms. The van der Waals surface area contributed by atoms with Crippen molar-refractivity contribution >= 4 is 17.5 Å². The van der Waals surface area contributed by atoms with E-state index >= 15 is 0 Å². The highest BCUT2D eigenvalue weighted by Gasteiger charge is 2.09. The van der Waals surface area contributed by atoms with E-state index < -0.39 is 0 Å². The minimum atomic E-state index is 0.0630. The van der Waals surface area contributed by atoms with Crippen LogP contribution in [0.4, 0.5) is 0 Å². The number of carbonyl (C=O) groups excluding carboxylic acids is 1. The molecule has 0 fully saturated rings. The normalized spacial score (nSPS) is 10.5. The van der Waals surface area contributed by atoms with Crippen LogP contribution in [0.1, 0.15) is 10.5 Å². The topological polar surface area (TPSA) is 63.6 Å². The molecule has 0 atom stereocenters. The fraction of sp³-hybridized carbons (Fsp3) is 0.222. The largest absolute Gasteiger partial charge is 0.359 e. The van der Waals surface area contributed by atoms with E-state index in [1.807, 2.05) is 0 Å². The lowest BCUT2D eigenvalue weighted by atomic mass is 10.3. The molecule has 0 aliphatic heterocycles. The Morgan fingerprint density at radius 2 is 2.53 bits per heavy atom. The summed E-state index contributed by atoms with van der Waals surface area (Å²) in [6.45, 7) is 0. The van der Waals surface area contributed by atoms with E-state index in [2.05, 4.69) is 15.1 Å². The lowest BCUT2D eigenvalue weighted by Crippen LogP contribution is -2.04. The van der Waals surface area contributed by atoms with Gasteiger partial charge in [0.05, 0.1) is 11.4 Å². The van der Waals surface area contributed by atoms with Crippen LogP contribution in [0.25, 0.3) is 0 Å². The van der Waals surface area contributed by atoms with E-state index in [0.717, 1.165) is 5.16 Å². The molecule has 0 unspecified atom stereocenters. The standard InChI is InChI=1S/C9H10N4OS/c1-13-9(11-6-12-13)15-5-8(14)7-3-2-4-10-7/h2-4,6,10H,5H2,1H3. The second-order valence-corrected chi connectivity index (χ2v) is 3.90. The van der Waals surface area contributed by atoms with E-state index in [1.165, 1.54) is 18.1 Å². The van der Waals surface area contributed by atoms with Gasteiger partial charge in [-0.2, -0.15) is 5.10 Å². The number of nitrogens with one attached hydrogen (secondary N) is 1. The average molecular weight is 222 g/mol. The first-order valence-electron chi connectivity index (χ1n) is 4.41. The van der Waals surface area contributed by atoms with Crippen LogP contribution >= 0.6 is 11.8 Å². The van der Waals surface area contributed by atoms with Crippen LogP contribution in [-0.2, 0) is 7.05 Å². The van der Waals surface area contributed by atoms with Gasteiger partial charge in [0.25, 0.3) is 0 Å². The van der Waals surface area contributed by atoms with Crippen molar-refractivity contribution in [3.8, 4) is 0 Å². The zero-order valence-corrected chi connectivity index (χ0v) is 8.99. The molecule has 0 amide bonds. The third kappa shape index (κ3) is 2.27. The number of Topliss-reactive ketones (excluding diaryl/α,β-unsaturated/α-hetero) is 1. The van der Waals surface area contributed by atoms with Gasteiger partial charge in [0.2, 0.25) is 0 Å². The molecule has 0 saturated carbocycles. The first-order chi connectivity index (χ1) is 7.27. The van der Waals surface area contributed by atoms with Gasteiger partial charge < -0.3 is 4.98 Å². The Morgan fingerprint density at radius 1 is 1.67 bits per heavy atom. The number of nitrogens with zero attached hydrogens (tertiary/aromatic N) is 3. The molecule has 15 heavy (non-hydrogen) atoms. The molecule has 1 N–H and O–H groups in total. The highest BCUT2D eigenvalue weighted by molar-refractivity contribution is 7.99. The number of aromatic amines is 1. The number of ketones is 1. The Labute approximate surface area is 90.9 Å². The van der Waals surface area contributed by atoms with Crippen molar-refractivity contribution in [2.24, 2.45) is 7.05 Å². The van der Waals surface area contributed by atoms with Gasteiger partial charge in [0.1, 0.15) is 6.33 Å². The molecule has 5 nitrogen and oxygen atoms in total. The molecular weight excluding hydrogens is 212 g/mol. The SMILES string of the molecule is Cn1ncnc1SCC(=O)c1ccc[nH]1. The summed E-state index contributed by atoms with van der Waals surface area (Å²) >= 11 is 1.38. The Morgan fingerprint density at radius 3 is 3.13 bits per heavy atom.